The Labute approximate surface area is 160 Å². The first-order chi connectivity index (χ1) is 12.6. The Kier molecular flexibility index (Phi) is 6.31. The van der Waals surface area contributed by atoms with Crippen LogP contribution < -0.4 is 4.90 Å². The van der Waals surface area contributed by atoms with Gasteiger partial charge in [-0.05, 0) is 57.4 Å². The molecule has 1 fully saturated rings. The molecule has 0 aliphatic carbocycles. The number of carbonyl (C=O) groups is 2. The first-order valence-corrected chi connectivity index (χ1v) is 9.11. The number of esters is 2. The van der Waals surface area contributed by atoms with Gasteiger partial charge in [0.1, 0.15) is 5.60 Å². The van der Waals surface area contributed by atoms with Crippen LogP contribution in [0.5, 0.6) is 0 Å². The summed E-state index contributed by atoms with van der Waals surface area (Å²) < 4.78 is 10.1. The van der Waals surface area contributed by atoms with E-state index in [1.165, 1.54) is 7.11 Å². The Balaban J connectivity index is 2.03. The van der Waals surface area contributed by atoms with Crippen molar-refractivity contribution in [2.45, 2.75) is 51.2 Å². The third kappa shape index (κ3) is 5.57. The van der Waals surface area contributed by atoms with E-state index in [9.17, 15) is 14.7 Å². The summed E-state index contributed by atoms with van der Waals surface area (Å²) in [4.78, 5) is 26.0. The summed E-state index contributed by atoms with van der Waals surface area (Å²) in [5.74, 6) is -0.781. The number of piperidine rings is 1. The van der Waals surface area contributed by atoms with Gasteiger partial charge in [-0.15, -0.1) is 0 Å². The molecule has 1 saturated heterocycles. The van der Waals surface area contributed by atoms with Gasteiger partial charge in [0, 0.05) is 18.8 Å². The molecule has 0 bridgehead atoms. The first-order valence-electron chi connectivity index (χ1n) is 9.11. The maximum Gasteiger partial charge on any atom is 0.338 e. The number of nitrogens with zero attached hydrogens (tertiary/aromatic N) is 1. The van der Waals surface area contributed by atoms with Crippen molar-refractivity contribution < 1.29 is 24.2 Å². The van der Waals surface area contributed by atoms with Gasteiger partial charge in [-0.1, -0.05) is 12.7 Å². The number of rotatable bonds is 5. The highest BCUT2D eigenvalue weighted by Gasteiger charge is 2.36. The van der Waals surface area contributed by atoms with E-state index < -0.39 is 17.2 Å². The largest absolute Gasteiger partial charge is 0.465 e. The zero-order valence-electron chi connectivity index (χ0n) is 16.6. The summed E-state index contributed by atoms with van der Waals surface area (Å²) in [6, 6.07) is 5.47. The second kappa shape index (κ2) is 8.13. The van der Waals surface area contributed by atoms with E-state index >= 15 is 0 Å². The van der Waals surface area contributed by atoms with Crippen LogP contribution in [0.2, 0.25) is 0 Å². The molecular weight excluding hydrogens is 346 g/mol. The summed E-state index contributed by atoms with van der Waals surface area (Å²) in [5.41, 5.74) is 0.503. The second-order valence-electron chi connectivity index (χ2n) is 7.94. The standard InChI is InChI=1S/C21H29NO5/c1-6-15-13-16(7-8-17(15)19(24)26-5)22-11-9-21(25,10-12-22)14-18(23)27-20(2,3)4/h6-8,13,25H,1,9-12,14H2,2-5H3. The quantitative estimate of drug-likeness (QED) is 0.797. The molecule has 0 unspecified atom stereocenters. The molecule has 1 aromatic rings. The molecule has 1 heterocycles. The highest BCUT2D eigenvalue weighted by molar-refractivity contribution is 5.94. The monoisotopic (exact) mass is 375 g/mol. The minimum absolute atomic E-state index is 0.00268. The number of methoxy groups -OCH3 is 1. The number of aliphatic hydroxyl groups is 1. The minimum Gasteiger partial charge on any atom is -0.465 e. The van der Waals surface area contributed by atoms with E-state index in [1.807, 2.05) is 32.9 Å². The highest BCUT2D eigenvalue weighted by atomic mass is 16.6. The Morgan fingerprint density at radius 3 is 2.44 bits per heavy atom. The summed E-state index contributed by atoms with van der Waals surface area (Å²) >= 11 is 0. The maximum absolute atomic E-state index is 12.0. The Bertz CT molecular complexity index is 712. The summed E-state index contributed by atoms with van der Waals surface area (Å²) in [6.45, 7) is 10.4. The molecule has 0 spiro atoms. The van der Waals surface area contributed by atoms with Gasteiger partial charge in [0.15, 0.2) is 0 Å². The molecule has 6 nitrogen and oxygen atoms in total. The number of ether oxygens (including phenoxy) is 2. The van der Waals surface area contributed by atoms with Crippen LogP contribution in [0.1, 0.15) is 56.0 Å². The van der Waals surface area contributed by atoms with Crippen molar-refractivity contribution in [2.24, 2.45) is 0 Å². The molecule has 1 aliphatic rings. The molecule has 2 rings (SSSR count). The van der Waals surface area contributed by atoms with Crippen LogP contribution in [0, 0.1) is 0 Å². The Morgan fingerprint density at radius 2 is 1.93 bits per heavy atom. The zero-order valence-corrected chi connectivity index (χ0v) is 16.6. The number of hydrogen-bond donors (Lipinski definition) is 1. The molecule has 0 aromatic heterocycles. The fraction of sp³-hybridized carbons (Fsp3) is 0.524. The number of carbonyl (C=O) groups excluding carboxylic acids is 2. The predicted molar refractivity (Wildman–Crippen MR) is 105 cm³/mol. The van der Waals surface area contributed by atoms with Crippen molar-refractivity contribution in [3.8, 4) is 0 Å². The lowest BCUT2D eigenvalue weighted by molar-refractivity contribution is -0.161. The van der Waals surface area contributed by atoms with E-state index in [1.54, 1.807) is 12.1 Å². The maximum atomic E-state index is 12.0. The van der Waals surface area contributed by atoms with Crippen LogP contribution in [0.3, 0.4) is 0 Å². The topological polar surface area (TPSA) is 76.1 Å². The molecule has 148 valence electrons. The van der Waals surface area contributed by atoms with Crippen LogP contribution in [-0.2, 0) is 14.3 Å². The highest BCUT2D eigenvalue weighted by Crippen LogP contribution is 2.31. The fourth-order valence-corrected chi connectivity index (χ4v) is 3.22. The van der Waals surface area contributed by atoms with Gasteiger partial charge in [0.25, 0.3) is 0 Å². The van der Waals surface area contributed by atoms with Crippen molar-refractivity contribution in [1.82, 2.24) is 0 Å². The van der Waals surface area contributed by atoms with Gasteiger partial charge in [0.05, 0.1) is 24.7 Å². The van der Waals surface area contributed by atoms with Gasteiger partial charge in [-0.3, -0.25) is 4.79 Å². The Morgan fingerprint density at radius 1 is 1.30 bits per heavy atom. The van der Waals surface area contributed by atoms with Crippen molar-refractivity contribution in [1.29, 1.82) is 0 Å². The predicted octanol–water partition coefficient (Wildman–Crippen LogP) is 3.18. The van der Waals surface area contributed by atoms with Crippen LogP contribution in [0.25, 0.3) is 6.08 Å². The molecule has 0 atom stereocenters. The molecule has 6 heteroatoms. The second-order valence-corrected chi connectivity index (χ2v) is 7.94. The zero-order chi connectivity index (χ0) is 20.2. The fourth-order valence-electron chi connectivity index (χ4n) is 3.22. The van der Waals surface area contributed by atoms with Crippen molar-refractivity contribution in [2.75, 3.05) is 25.1 Å². The first kappa shape index (κ1) is 21.0. The van der Waals surface area contributed by atoms with Crippen LogP contribution >= 0.6 is 0 Å². The smallest absolute Gasteiger partial charge is 0.338 e. The number of anilines is 1. The average Bonchev–Trinajstić information content (AvgIpc) is 2.59. The summed E-state index contributed by atoms with van der Waals surface area (Å²) in [7, 11) is 1.35. The molecule has 1 aromatic carbocycles. The molecule has 27 heavy (non-hydrogen) atoms. The molecule has 1 N–H and O–H groups in total. The third-order valence-corrected chi connectivity index (χ3v) is 4.61. The average molecular weight is 375 g/mol. The molecule has 0 amide bonds. The minimum atomic E-state index is -1.05. The van der Waals surface area contributed by atoms with Gasteiger partial charge >= 0.3 is 11.9 Å². The van der Waals surface area contributed by atoms with Gasteiger partial charge in [0.2, 0.25) is 0 Å². The van der Waals surface area contributed by atoms with E-state index in [4.69, 9.17) is 9.47 Å². The van der Waals surface area contributed by atoms with E-state index in [0.29, 0.717) is 37.1 Å². The van der Waals surface area contributed by atoms with Crippen molar-refractivity contribution >= 4 is 23.7 Å². The molecule has 0 saturated carbocycles. The summed E-state index contributed by atoms with van der Waals surface area (Å²) in [6.07, 6.45) is 2.55. The SMILES string of the molecule is C=Cc1cc(N2CCC(O)(CC(=O)OC(C)(C)C)CC2)ccc1C(=O)OC. The lowest BCUT2D eigenvalue weighted by atomic mass is 9.88. The van der Waals surface area contributed by atoms with E-state index in [2.05, 4.69) is 11.5 Å². The van der Waals surface area contributed by atoms with Crippen LogP contribution in [0.15, 0.2) is 24.8 Å². The number of benzene rings is 1. The van der Waals surface area contributed by atoms with E-state index in [0.717, 1.165) is 5.69 Å². The van der Waals surface area contributed by atoms with Crippen LogP contribution in [-0.4, -0.2) is 48.4 Å². The number of hydrogen-bond acceptors (Lipinski definition) is 6. The van der Waals surface area contributed by atoms with E-state index in [-0.39, 0.29) is 12.4 Å². The lowest BCUT2D eigenvalue weighted by Gasteiger charge is -2.39. The van der Waals surface area contributed by atoms with Crippen LogP contribution in [0.4, 0.5) is 5.69 Å². The third-order valence-electron chi connectivity index (χ3n) is 4.61. The molecule has 0 radical (unpaired) electrons. The van der Waals surface area contributed by atoms with Crippen molar-refractivity contribution in [3.05, 3.63) is 35.9 Å². The molecular formula is C21H29NO5. The van der Waals surface area contributed by atoms with Crippen molar-refractivity contribution in [3.63, 3.8) is 0 Å². The lowest BCUT2D eigenvalue weighted by Crippen LogP contribution is -2.46. The van der Waals surface area contributed by atoms with Gasteiger partial charge in [-0.25, -0.2) is 4.79 Å². The van der Waals surface area contributed by atoms with Gasteiger partial charge in [-0.2, -0.15) is 0 Å². The Hall–Kier alpha value is -2.34. The summed E-state index contributed by atoms with van der Waals surface area (Å²) in [5, 5.41) is 10.7. The normalized spacial score (nSPS) is 16.6. The molecule has 1 aliphatic heterocycles. The van der Waals surface area contributed by atoms with Gasteiger partial charge < -0.3 is 19.5 Å².